The van der Waals surface area contributed by atoms with E-state index in [1.807, 2.05) is 45.1 Å². The number of allylic oxidation sites excluding steroid dienone is 8. The van der Waals surface area contributed by atoms with Gasteiger partial charge in [0.05, 0.1) is 83.2 Å². The van der Waals surface area contributed by atoms with E-state index in [1.54, 1.807) is 0 Å². The fourth-order valence-corrected chi connectivity index (χ4v) is 4.94. The molecule has 0 aliphatic heterocycles. The minimum absolute atomic E-state index is 0.0414. The van der Waals surface area contributed by atoms with Crippen molar-refractivity contribution in [3.05, 3.63) is 47.3 Å². The van der Waals surface area contributed by atoms with Crippen LogP contribution in [0.2, 0.25) is 0 Å². The van der Waals surface area contributed by atoms with E-state index >= 15 is 0 Å². The van der Waals surface area contributed by atoms with Gasteiger partial charge in [0.2, 0.25) is 0 Å². The summed E-state index contributed by atoms with van der Waals surface area (Å²) in [7, 11) is 4.31. The van der Waals surface area contributed by atoms with Crippen molar-refractivity contribution in [2.24, 2.45) is 10.8 Å². The second kappa shape index (κ2) is 30.7. The average molecular weight is 767 g/mol. The van der Waals surface area contributed by atoms with Crippen molar-refractivity contribution in [1.29, 1.82) is 0 Å². The van der Waals surface area contributed by atoms with Crippen molar-refractivity contribution < 1.29 is 18.9 Å². The van der Waals surface area contributed by atoms with Gasteiger partial charge in [0.1, 0.15) is 5.76 Å². The third-order valence-electron chi connectivity index (χ3n) is 5.21. The minimum Gasteiger partial charge on any atom is -0.503 e. The highest BCUT2D eigenvalue weighted by molar-refractivity contribution is 7.81. The first-order valence-electron chi connectivity index (χ1n) is 16.1. The van der Waals surface area contributed by atoms with Crippen molar-refractivity contribution in [3.63, 3.8) is 0 Å². The lowest BCUT2D eigenvalue weighted by molar-refractivity contribution is 0.191. The largest absolute Gasteiger partial charge is 0.503 e. The first-order chi connectivity index (χ1) is 20.7. The van der Waals surface area contributed by atoms with Crippen LogP contribution in [-0.4, -0.2) is 85.3 Å². The summed E-state index contributed by atoms with van der Waals surface area (Å²) >= 11 is 20.2. The van der Waals surface area contributed by atoms with Gasteiger partial charge < -0.3 is 18.9 Å². The summed E-state index contributed by atoms with van der Waals surface area (Å²) in [5.41, 5.74) is 0.0834. The Hall–Kier alpha value is -0.612. The number of hydrogen-bond acceptors (Lipinski definition) is 8. The maximum absolute atomic E-state index is 5.71. The van der Waals surface area contributed by atoms with Gasteiger partial charge in [-0.05, 0) is 56.9 Å². The first-order valence-corrected chi connectivity index (χ1v) is 23.4. The standard InChI is InChI=1S/C12H24OSSi.C8H16OSSi.C7H14OSSi.C6H12OSSi/c1-11(2,3)9(13-8-15)7-10(14)12(4,5)6;1-3-7(9-6-11)5-8(10)4-2;1-3-7(8-5-10)4-6(2)9;1-5(7-4-9)3-6(2)8/h7H,8H2,1-6,15H3;5H,3-4,6H2,1-2,11H3;4H,3,5H2,1-2,10H3;3H,4H2,1-2,9H3/b9-7-;7-5-;7-4-;5-3-. The van der Waals surface area contributed by atoms with Crippen molar-refractivity contribution >= 4 is 109 Å². The van der Waals surface area contributed by atoms with Crippen LogP contribution in [-0.2, 0) is 18.9 Å². The molecule has 0 aliphatic carbocycles. The maximum Gasteiger partial charge on any atom is 0.102 e. The van der Waals surface area contributed by atoms with Gasteiger partial charge in [0.25, 0.3) is 0 Å². The fourth-order valence-electron chi connectivity index (χ4n) is 2.89. The molecule has 0 saturated carbocycles. The quantitative estimate of drug-likeness (QED) is 0.0911. The minimum atomic E-state index is 0.0414. The zero-order valence-electron chi connectivity index (χ0n) is 31.5. The van der Waals surface area contributed by atoms with Crippen molar-refractivity contribution in [2.45, 2.75) is 102 Å². The molecule has 262 valence electrons. The van der Waals surface area contributed by atoms with Crippen molar-refractivity contribution in [2.75, 3.05) is 24.9 Å². The van der Waals surface area contributed by atoms with Crippen LogP contribution in [0.25, 0.3) is 0 Å². The molecule has 0 amide bonds. The molecule has 0 N–H and O–H groups in total. The molecular formula is C33H66O4S4Si4. The molecule has 0 aliphatic rings. The summed E-state index contributed by atoms with van der Waals surface area (Å²) in [5.74, 6) is 3.99. The van der Waals surface area contributed by atoms with Gasteiger partial charge >= 0.3 is 0 Å². The SMILES string of the molecule is CC(=S)/C=C(/C)OC[SiH3].CC(C)(C)C(=S)/C=C(\OC[SiH3])C(C)(C)C.CC/C(=C/C(C)=S)OC[SiH3].CCC(=S)/C=C(/CC)OC[SiH3]. The predicted molar refractivity (Wildman–Crippen MR) is 233 cm³/mol. The summed E-state index contributed by atoms with van der Waals surface area (Å²) < 4.78 is 21.6. The molecule has 0 aromatic heterocycles. The fraction of sp³-hybridized carbons (Fsp3) is 0.636. The molecule has 0 fully saturated rings. The van der Waals surface area contributed by atoms with Crippen LogP contribution in [0.1, 0.15) is 102 Å². The van der Waals surface area contributed by atoms with E-state index in [-0.39, 0.29) is 10.8 Å². The molecule has 0 aromatic rings. The normalized spacial score (nSPS) is 12.4. The highest BCUT2D eigenvalue weighted by atomic mass is 32.1. The summed E-state index contributed by atoms with van der Waals surface area (Å²) in [5, 5.41) is 0. The van der Waals surface area contributed by atoms with E-state index in [0.29, 0.717) is 0 Å². The third kappa shape index (κ3) is 36.1. The summed E-state index contributed by atoms with van der Waals surface area (Å²) in [6.07, 6.45) is 14.0. The highest BCUT2D eigenvalue weighted by Gasteiger charge is 2.22. The Morgan fingerprint density at radius 2 is 0.933 bits per heavy atom. The number of thiocarbonyl (C=S) groups is 4. The van der Waals surface area contributed by atoms with Crippen LogP contribution in [0.4, 0.5) is 0 Å². The lowest BCUT2D eigenvalue weighted by Crippen LogP contribution is -2.20. The Bertz CT molecular complexity index is 994. The molecule has 4 nitrogen and oxygen atoms in total. The predicted octanol–water partition coefficient (Wildman–Crippen LogP) is 5.70. The van der Waals surface area contributed by atoms with Gasteiger partial charge in [-0.25, -0.2) is 0 Å². The Labute approximate surface area is 311 Å². The first kappa shape index (κ1) is 51.2. The topological polar surface area (TPSA) is 36.9 Å². The smallest absolute Gasteiger partial charge is 0.102 e. The lowest BCUT2D eigenvalue weighted by Gasteiger charge is -2.25. The second-order valence-electron chi connectivity index (χ2n) is 11.8. The lowest BCUT2D eigenvalue weighted by atomic mass is 9.87. The van der Waals surface area contributed by atoms with Crippen molar-refractivity contribution in [1.82, 2.24) is 0 Å². The van der Waals surface area contributed by atoms with Gasteiger partial charge in [-0.1, -0.05) is 111 Å². The van der Waals surface area contributed by atoms with E-state index in [1.165, 1.54) is 0 Å². The van der Waals surface area contributed by atoms with E-state index in [9.17, 15) is 0 Å². The number of rotatable bonds is 15. The van der Waals surface area contributed by atoms with Crippen molar-refractivity contribution in [3.8, 4) is 0 Å². The van der Waals surface area contributed by atoms with Gasteiger partial charge in [-0.15, -0.1) is 0 Å². The summed E-state index contributed by atoms with van der Waals surface area (Å²) in [4.78, 5) is 3.72. The monoisotopic (exact) mass is 766 g/mol. The summed E-state index contributed by atoms with van der Waals surface area (Å²) in [6.45, 7) is 24.8. The van der Waals surface area contributed by atoms with E-state index < -0.39 is 0 Å². The maximum atomic E-state index is 5.71. The Morgan fingerprint density at radius 3 is 1.22 bits per heavy atom. The van der Waals surface area contributed by atoms with Crippen LogP contribution in [0.3, 0.4) is 0 Å². The molecule has 0 bridgehead atoms. The molecular weight excluding hydrogens is 701 g/mol. The molecule has 0 radical (unpaired) electrons. The van der Waals surface area contributed by atoms with Crippen LogP contribution in [0.5, 0.6) is 0 Å². The Kier molecular flexibility index (Phi) is 35.0. The van der Waals surface area contributed by atoms with Crippen LogP contribution in [0.15, 0.2) is 47.3 Å². The average Bonchev–Trinajstić information content (AvgIpc) is 2.91. The van der Waals surface area contributed by atoms with E-state index in [0.717, 1.165) is 128 Å². The zero-order valence-corrected chi connectivity index (χ0v) is 42.8. The molecule has 0 rings (SSSR count). The van der Waals surface area contributed by atoms with E-state index in [2.05, 4.69) is 62.3 Å². The Morgan fingerprint density at radius 1 is 0.533 bits per heavy atom. The molecule has 0 saturated heterocycles. The molecule has 0 spiro atoms. The van der Waals surface area contributed by atoms with Gasteiger partial charge in [-0.2, -0.15) is 0 Å². The van der Waals surface area contributed by atoms with Crippen LogP contribution < -0.4 is 0 Å². The number of hydrogen-bond donors (Lipinski definition) is 0. The van der Waals surface area contributed by atoms with Gasteiger partial charge in [0.15, 0.2) is 0 Å². The highest BCUT2D eigenvalue weighted by Crippen LogP contribution is 2.28. The third-order valence-corrected chi connectivity index (χ3v) is 7.74. The number of ether oxygens (including phenoxy) is 4. The van der Waals surface area contributed by atoms with Crippen LogP contribution in [0, 0.1) is 10.8 Å². The second-order valence-corrected chi connectivity index (χ2v) is 16.4. The molecule has 0 heterocycles. The summed E-state index contributed by atoms with van der Waals surface area (Å²) in [6, 6.07) is 0. The Balaban J connectivity index is -0.000000254. The zero-order chi connectivity index (χ0) is 36.2. The molecule has 0 aromatic carbocycles. The van der Waals surface area contributed by atoms with Crippen LogP contribution >= 0.6 is 48.9 Å². The molecule has 0 atom stereocenters. The molecule has 0 unspecified atom stereocenters. The molecule has 12 heteroatoms. The van der Waals surface area contributed by atoms with Gasteiger partial charge in [0, 0.05) is 37.7 Å². The van der Waals surface area contributed by atoms with Gasteiger partial charge in [-0.3, -0.25) is 0 Å². The molecule has 45 heavy (non-hydrogen) atoms. The van der Waals surface area contributed by atoms with E-state index in [4.69, 9.17) is 67.8 Å².